The first-order valence-corrected chi connectivity index (χ1v) is 6.85. The Balaban J connectivity index is 2.03. The molecule has 0 bridgehead atoms. The maximum Gasteiger partial charge on any atom is 0.306 e. The number of hydrogen-bond donors (Lipinski definition) is 2. The van der Waals surface area contributed by atoms with E-state index in [-0.39, 0.29) is 17.7 Å². The Morgan fingerprint density at radius 2 is 2.05 bits per heavy atom. The van der Waals surface area contributed by atoms with Gasteiger partial charge in [0.05, 0.1) is 5.92 Å². The van der Waals surface area contributed by atoms with Gasteiger partial charge in [0.1, 0.15) is 6.04 Å². The van der Waals surface area contributed by atoms with Gasteiger partial charge in [-0.25, -0.2) is 0 Å². The highest BCUT2D eigenvalue weighted by Crippen LogP contribution is 2.33. The smallest absolute Gasteiger partial charge is 0.306 e. The normalized spacial score (nSPS) is 31.1. The van der Waals surface area contributed by atoms with Crippen molar-refractivity contribution in [3.05, 3.63) is 0 Å². The molecule has 1 aliphatic carbocycles. The molecule has 2 rings (SSSR count). The molecule has 0 aromatic rings. The molecule has 6 nitrogen and oxygen atoms in total. The van der Waals surface area contributed by atoms with Gasteiger partial charge in [-0.15, -0.1) is 0 Å². The van der Waals surface area contributed by atoms with Crippen molar-refractivity contribution in [1.29, 1.82) is 0 Å². The molecule has 2 amide bonds. The Hall–Kier alpha value is -1.59. The zero-order chi connectivity index (χ0) is 14.0. The zero-order valence-electron chi connectivity index (χ0n) is 11.1. The van der Waals surface area contributed by atoms with Crippen molar-refractivity contribution in [2.45, 2.75) is 38.6 Å². The van der Waals surface area contributed by atoms with Crippen LogP contribution in [0.2, 0.25) is 0 Å². The fraction of sp³-hybridized carbons (Fsp3) is 0.769. The van der Waals surface area contributed by atoms with Crippen molar-refractivity contribution in [3.8, 4) is 0 Å². The number of nitrogens with zero attached hydrogens (tertiary/aromatic N) is 1. The van der Waals surface area contributed by atoms with Crippen molar-refractivity contribution < 1.29 is 19.5 Å². The van der Waals surface area contributed by atoms with Crippen LogP contribution in [-0.4, -0.2) is 46.9 Å². The largest absolute Gasteiger partial charge is 0.481 e. The van der Waals surface area contributed by atoms with Crippen molar-refractivity contribution in [1.82, 2.24) is 10.2 Å². The Bertz CT molecular complexity index is 396. The van der Waals surface area contributed by atoms with Gasteiger partial charge in [-0.2, -0.15) is 0 Å². The molecule has 1 aliphatic heterocycles. The van der Waals surface area contributed by atoms with Crippen LogP contribution in [0.5, 0.6) is 0 Å². The van der Waals surface area contributed by atoms with Crippen LogP contribution in [0.15, 0.2) is 0 Å². The van der Waals surface area contributed by atoms with Gasteiger partial charge in [0.2, 0.25) is 11.8 Å². The molecule has 6 heteroatoms. The monoisotopic (exact) mass is 268 g/mol. The molecule has 1 saturated carbocycles. The predicted molar refractivity (Wildman–Crippen MR) is 67.3 cm³/mol. The van der Waals surface area contributed by atoms with E-state index in [0.717, 1.165) is 0 Å². The third-order valence-corrected chi connectivity index (χ3v) is 4.13. The SMILES string of the molecule is CCC1C(=O)NCCN1C(=O)[C@@H]1CC[C@H](C(=O)O)C1. The fourth-order valence-corrected chi connectivity index (χ4v) is 3.05. The molecular weight excluding hydrogens is 248 g/mol. The van der Waals surface area contributed by atoms with Gasteiger partial charge in [0.25, 0.3) is 0 Å². The van der Waals surface area contributed by atoms with Crippen molar-refractivity contribution >= 4 is 17.8 Å². The number of piperazine rings is 1. The summed E-state index contributed by atoms with van der Waals surface area (Å²) in [7, 11) is 0. The maximum atomic E-state index is 12.4. The fourth-order valence-electron chi connectivity index (χ4n) is 3.05. The molecular formula is C13H20N2O4. The van der Waals surface area contributed by atoms with E-state index in [1.807, 2.05) is 6.92 Å². The van der Waals surface area contributed by atoms with Gasteiger partial charge in [-0.05, 0) is 25.7 Å². The van der Waals surface area contributed by atoms with E-state index in [1.54, 1.807) is 4.90 Å². The zero-order valence-corrected chi connectivity index (χ0v) is 11.1. The lowest BCUT2D eigenvalue weighted by Crippen LogP contribution is -2.58. The third kappa shape index (κ3) is 2.72. The topological polar surface area (TPSA) is 86.7 Å². The van der Waals surface area contributed by atoms with E-state index in [2.05, 4.69) is 5.32 Å². The van der Waals surface area contributed by atoms with E-state index in [1.165, 1.54) is 0 Å². The number of aliphatic carboxylic acids is 1. The Morgan fingerprint density at radius 1 is 1.37 bits per heavy atom. The number of amides is 2. The van der Waals surface area contributed by atoms with Crippen LogP contribution in [0.4, 0.5) is 0 Å². The van der Waals surface area contributed by atoms with Gasteiger partial charge < -0.3 is 15.3 Å². The standard InChI is InChI=1S/C13H20N2O4/c1-2-10-11(16)14-5-6-15(10)12(17)8-3-4-9(7-8)13(18)19/h8-10H,2-7H2,1H3,(H,14,16)(H,18,19)/t8-,9+,10?/m1/s1. The maximum absolute atomic E-state index is 12.4. The van der Waals surface area contributed by atoms with Crippen molar-refractivity contribution in [2.75, 3.05) is 13.1 Å². The summed E-state index contributed by atoms with van der Waals surface area (Å²) in [6.07, 6.45) is 2.17. The predicted octanol–water partition coefficient (Wildman–Crippen LogP) is 0.224. The summed E-state index contributed by atoms with van der Waals surface area (Å²) < 4.78 is 0. The average molecular weight is 268 g/mol. The molecule has 1 heterocycles. The van der Waals surface area contributed by atoms with Crippen LogP contribution < -0.4 is 5.32 Å². The number of hydrogen-bond acceptors (Lipinski definition) is 3. The quantitative estimate of drug-likeness (QED) is 0.767. The lowest BCUT2D eigenvalue weighted by atomic mass is 10.0. The van der Waals surface area contributed by atoms with Crippen LogP contribution in [0, 0.1) is 11.8 Å². The first kappa shape index (κ1) is 13.8. The van der Waals surface area contributed by atoms with E-state index in [0.29, 0.717) is 38.8 Å². The molecule has 1 unspecified atom stereocenters. The molecule has 0 aromatic carbocycles. The summed E-state index contributed by atoms with van der Waals surface area (Å²) in [5.41, 5.74) is 0. The second-order valence-corrected chi connectivity index (χ2v) is 5.29. The van der Waals surface area contributed by atoms with Gasteiger partial charge in [-0.3, -0.25) is 14.4 Å². The third-order valence-electron chi connectivity index (χ3n) is 4.13. The average Bonchev–Trinajstić information content (AvgIpc) is 2.87. The molecule has 3 atom stereocenters. The molecule has 19 heavy (non-hydrogen) atoms. The minimum absolute atomic E-state index is 0.0505. The van der Waals surface area contributed by atoms with Gasteiger partial charge in [0, 0.05) is 19.0 Å². The van der Waals surface area contributed by atoms with Crippen LogP contribution in [-0.2, 0) is 14.4 Å². The number of carbonyl (C=O) groups excluding carboxylic acids is 2. The number of carbonyl (C=O) groups is 3. The highest BCUT2D eigenvalue weighted by Gasteiger charge is 2.39. The van der Waals surface area contributed by atoms with E-state index in [4.69, 9.17) is 5.11 Å². The summed E-state index contributed by atoms with van der Waals surface area (Å²) in [6, 6.07) is -0.398. The molecule has 2 aliphatic rings. The molecule has 0 aromatic heterocycles. The van der Waals surface area contributed by atoms with E-state index < -0.39 is 17.9 Å². The summed E-state index contributed by atoms with van der Waals surface area (Å²) >= 11 is 0. The van der Waals surface area contributed by atoms with Crippen LogP contribution in [0.3, 0.4) is 0 Å². The second-order valence-electron chi connectivity index (χ2n) is 5.29. The highest BCUT2D eigenvalue weighted by atomic mass is 16.4. The molecule has 2 fully saturated rings. The van der Waals surface area contributed by atoms with Crippen molar-refractivity contribution in [2.24, 2.45) is 11.8 Å². The summed E-state index contributed by atoms with van der Waals surface area (Å²) in [6.45, 7) is 2.89. The summed E-state index contributed by atoms with van der Waals surface area (Å²) in [4.78, 5) is 36.7. The van der Waals surface area contributed by atoms with Gasteiger partial charge in [0.15, 0.2) is 0 Å². The Labute approximate surface area is 112 Å². The van der Waals surface area contributed by atoms with Crippen LogP contribution in [0.1, 0.15) is 32.6 Å². The minimum atomic E-state index is -0.821. The van der Waals surface area contributed by atoms with E-state index in [9.17, 15) is 14.4 Å². The minimum Gasteiger partial charge on any atom is -0.481 e. The lowest BCUT2D eigenvalue weighted by molar-refractivity contribution is -0.146. The van der Waals surface area contributed by atoms with Gasteiger partial charge in [-0.1, -0.05) is 6.92 Å². The molecule has 2 N–H and O–H groups in total. The molecule has 0 radical (unpaired) electrons. The lowest BCUT2D eigenvalue weighted by Gasteiger charge is -2.36. The Morgan fingerprint density at radius 3 is 2.63 bits per heavy atom. The summed E-state index contributed by atoms with van der Waals surface area (Å²) in [5, 5.41) is 11.7. The first-order valence-electron chi connectivity index (χ1n) is 6.85. The molecule has 0 spiro atoms. The summed E-state index contributed by atoms with van der Waals surface area (Å²) in [5.74, 6) is -1.62. The first-order chi connectivity index (χ1) is 9.04. The Kier molecular flexibility index (Phi) is 4.07. The number of carboxylic acid groups (broad SMARTS) is 1. The van der Waals surface area contributed by atoms with E-state index >= 15 is 0 Å². The second kappa shape index (κ2) is 5.59. The molecule has 1 saturated heterocycles. The van der Waals surface area contributed by atoms with Crippen LogP contribution >= 0.6 is 0 Å². The highest BCUT2D eigenvalue weighted by molar-refractivity contribution is 5.90. The van der Waals surface area contributed by atoms with Crippen LogP contribution in [0.25, 0.3) is 0 Å². The van der Waals surface area contributed by atoms with Crippen molar-refractivity contribution in [3.63, 3.8) is 0 Å². The van der Waals surface area contributed by atoms with Gasteiger partial charge >= 0.3 is 5.97 Å². The number of carboxylic acids is 1. The molecule has 106 valence electrons. The number of rotatable bonds is 3. The number of nitrogens with one attached hydrogen (secondary N) is 1.